The first kappa shape index (κ1) is 10.7. The molecule has 0 fully saturated rings. The standard InChI is InChI=1S/C10H10FN3O2/c1-6-13-10(14-16-6)7-3-4-12-8(5-15-2)9(7)11/h3-4H,5H2,1-2H3. The molecule has 0 aliphatic carbocycles. The largest absolute Gasteiger partial charge is 0.378 e. The highest BCUT2D eigenvalue weighted by molar-refractivity contribution is 5.55. The summed E-state index contributed by atoms with van der Waals surface area (Å²) in [5.41, 5.74) is 0.487. The Morgan fingerprint density at radius 1 is 1.50 bits per heavy atom. The van der Waals surface area contributed by atoms with Crippen LogP contribution in [-0.2, 0) is 11.3 Å². The van der Waals surface area contributed by atoms with E-state index in [0.29, 0.717) is 5.89 Å². The molecule has 0 N–H and O–H groups in total. The summed E-state index contributed by atoms with van der Waals surface area (Å²) in [5, 5.41) is 3.65. The molecule has 0 atom stereocenters. The zero-order valence-corrected chi connectivity index (χ0v) is 8.90. The number of aromatic nitrogens is 3. The number of aryl methyl sites for hydroxylation is 1. The molecule has 0 aromatic carbocycles. The average molecular weight is 223 g/mol. The molecule has 0 spiro atoms. The summed E-state index contributed by atoms with van der Waals surface area (Å²) >= 11 is 0. The second kappa shape index (κ2) is 4.36. The lowest BCUT2D eigenvalue weighted by molar-refractivity contribution is 0.177. The fourth-order valence-electron chi connectivity index (χ4n) is 1.31. The lowest BCUT2D eigenvalue weighted by Crippen LogP contribution is -1.99. The summed E-state index contributed by atoms with van der Waals surface area (Å²) < 4.78 is 23.5. The molecule has 5 nitrogen and oxygen atoms in total. The van der Waals surface area contributed by atoms with E-state index in [4.69, 9.17) is 9.26 Å². The molecule has 0 aliphatic rings. The van der Waals surface area contributed by atoms with Gasteiger partial charge in [0.2, 0.25) is 11.7 Å². The molecule has 0 amide bonds. The van der Waals surface area contributed by atoms with E-state index in [1.165, 1.54) is 19.4 Å². The number of ether oxygens (including phenoxy) is 1. The average Bonchev–Trinajstić information content (AvgIpc) is 2.68. The number of hydrogen-bond acceptors (Lipinski definition) is 5. The van der Waals surface area contributed by atoms with Crippen LogP contribution in [0.3, 0.4) is 0 Å². The molecular formula is C10H10FN3O2. The van der Waals surface area contributed by atoms with Crippen LogP contribution in [0.2, 0.25) is 0 Å². The van der Waals surface area contributed by atoms with Crippen LogP contribution in [0.15, 0.2) is 16.8 Å². The quantitative estimate of drug-likeness (QED) is 0.792. The van der Waals surface area contributed by atoms with Crippen molar-refractivity contribution in [2.45, 2.75) is 13.5 Å². The molecule has 6 heteroatoms. The summed E-state index contributed by atoms with van der Waals surface area (Å²) in [7, 11) is 1.48. The Kier molecular flexibility index (Phi) is 2.91. The second-order valence-corrected chi connectivity index (χ2v) is 3.19. The Morgan fingerprint density at radius 3 is 2.94 bits per heavy atom. The highest BCUT2D eigenvalue weighted by Gasteiger charge is 2.15. The molecule has 84 valence electrons. The van der Waals surface area contributed by atoms with Crippen molar-refractivity contribution in [2.24, 2.45) is 0 Å². The number of methoxy groups -OCH3 is 1. The maximum atomic E-state index is 13.9. The van der Waals surface area contributed by atoms with Gasteiger partial charge in [-0.05, 0) is 6.07 Å². The highest BCUT2D eigenvalue weighted by Crippen LogP contribution is 2.21. The van der Waals surface area contributed by atoms with Gasteiger partial charge in [0.05, 0.1) is 12.2 Å². The number of rotatable bonds is 3. The van der Waals surface area contributed by atoms with E-state index in [1.54, 1.807) is 6.92 Å². The third-order valence-electron chi connectivity index (χ3n) is 2.01. The van der Waals surface area contributed by atoms with Gasteiger partial charge in [-0.25, -0.2) is 4.39 Å². The van der Waals surface area contributed by atoms with Crippen LogP contribution in [0, 0.1) is 12.7 Å². The highest BCUT2D eigenvalue weighted by atomic mass is 19.1. The van der Waals surface area contributed by atoms with Gasteiger partial charge in [0.1, 0.15) is 5.69 Å². The molecule has 0 saturated heterocycles. The minimum absolute atomic E-state index is 0.108. The van der Waals surface area contributed by atoms with Crippen molar-refractivity contribution in [3.8, 4) is 11.4 Å². The Labute approximate surface area is 91.3 Å². The van der Waals surface area contributed by atoms with Crippen molar-refractivity contribution < 1.29 is 13.7 Å². The minimum Gasteiger partial charge on any atom is -0.378 e. The zero-order chi connectivity index (χ0) is 11.5. The maximum Gasteiger partial charge on any atom is 0.223 e. The molecule has 0 aliphatic heterocycles. The van der Waals surface area contributed by atoms with E-state index in [2.05, 4.69) is 15.1 Å². The zero-order valence-electron chi connectivity index (χ0n) is 8.90. The molecule has 2 aromatic rings. The van der Waals surface area contributed by atoms with Crippen LogP contribution in [0.1, 0.15) is 11.6 Å². The van der Waals surface area contributed by atoms with Crippen LogP contribution in [0.25, 0.3) is 11.4 Å². The van der Waals surface area contributed by atoms with Gasteiger partial charge in [0.25, 0.3) is 0 Å². The first-order valence-corrected chi connectivity index (χ1v) is 4.65. The van der Waals surface area contributed by atoms with Crippen LogP contribution in [0.4, 0.5) is 4.39 Å². The van der Waals surface area contributed by atoms with Crippen LogP contribution < -0.4 is 0 Å². The van der Waals surface area contributed by atoms with E-state index in [-0.39, 0.29) is 23.7 Å². The van der Waals surface area contributed by atoms with E-state index in [1.807, 2.05) is 0 Å². The van der Waals surface area contributed by atoms with Crippen molar-refractivity contribution in [3.63, 3.8) is 0 Å². The van der Waals surface area contributed by atoms with E-state index < -0.39 is 5.82 Å². The number of pyridine rings is 1. The third kappa shape index (κ3) is 1.92. The van der Waals surface area contributed by atoms with Crippen LogP contribution in [-0.4, -0.2) is 22.2 Å². The summed E-state index contributed by atoms with van der Waals surface area (Å²) in [6.45, 7) is 1.75. The van der Waals surface area contributed by atoms with Crippen molar-refractivity contribution in [1.82, 2.24) is 15.1 Å². The normalized spacial score (nSPS) is 10.7. The van der Waals surface area contributed by atoms with Gasteiger partial charge in [-0.3, -0.25) is 4.98 Å². The summed E-state index contributed by atoms with van der Waals surface area (Å²) in [6.07, 6.45) is 1.48. The topological polar surface area (TPSA) is 61.0 Å². The molecule has 0 radical (unpaired) electrons. The molecule has 16 heavy (non-hydrogen) atoms. The van der Waals surface area contributed by atoms with Gasteiger partial charge in [-0.15, -0.1) is 0 Å². The lowest BCUT2D eigenvalue weighted by Gasteiger charge is -2.03. The van der Waals surface area contributed by atoms with Gasteiger partial charge in [0, 0.05) is 20.2 Å². The first-order valence-electron chi connectivity index (χ1n) is 4.65. The molecule has 0 saturated carbocycles. The molecule has 0 bridgehead atoms. The van der Waals surface area contributed by atoms with E-state index >= 15 is 0 Å². The molecular weight excluding hydrogens is 213 g/mol. The number of halogens is 1. The predicted molar refractivity (Wildman–Crippen MR) is 52.9 cm³/mol. The Morgan fingerprint density at radius 2 is 2.31 bits per heavy atom. The summed E-state index contributed by atoms with van der Waals surface area (Å²) in [4.78, 5) is 7.83. The monoisotopic (exact) mass is 223 g/mol. The van der Waals surface area contributed by atoms with Crippen LogP contribution >= 0.6 is 0 Å². The predicted octanol–water partition coefficient (Wildman–Crippen LogP) is 1.73. The molecule has 2 heterocycles. The minimum atomic E-state index is -0.481. The van der Waals surface area contributed by atoms with Crippen molar-refractivity contribution in [3.05, 3.63) is 29.7 Å². The smallest absolute Gasteiger partial charge is 0.223 e. The Bertz CT molecular complexity index is 499. The summed E-state index contributed by atoms with van der Waals surface area (Å²) in [6, 6.07) is 1.50. The third-order valence-corrected chi connectivity index (χ3v) is 2.01. The van der Waals surface area contributed by atoms with Gasteiger partial charge in [-0.1, -0.05) is 5.16 Å². The Hall–Kier alpha value is -1.82. The fourth-order valence-corrected chi connectivity index (χ4v) is 1.31. The van der Waals surface area contributed by atoms with Gasteiger partial charge >= 0.3 is 0 Å². The van der Waals surface area contributed by atoms with Gasteiger partial charge in [-0.2, -0.15) is 4.98 Å². The number of hydrogen-bond donors (Lipinski definition) is 0. The maximum absolute atomic E-state index is 13.9. The second-order valence-electron chi connectivity index (χ2n) is 3.19. The SMILES string of the molecule is COCc1nccc(-c2noc(C)n2)c1F. The first-order chi connectivity index (χ1) is 7.72. The van der Waals surface area contributed by atoms with E-state index in [0.717, 1.165) is 0 Å². The summed E-state index contributed by atoms with van der Waals surface area (Å²) in [5.74, 6) is 0.124. The van der Waals surface area contributed by atoms with Gasteiger partial charge in [0.15, 0.2) is 5.82 Å². The Balaban J connectivity index is 2.45. The van der Waals surface area contributed by atoms with Crippen molar-refractivity contribution in [1.29, 1.82) is 0 Å². The number of nitrogens with zero attached hydrogens (tertiary/aromatic N) is 3. The van der Waals surface area contributed by atoms with Crippen molar-refractivity contribution >= 4 is 0 Å². The van der Waals surface area contributed by atoms with Crippen molar-refractivity contribution in [2.75, 3.05) is 7.11 Å². The molecule has 2 aromatic heterocycles. The fraction of sp³-hybridized carbons (Fsp3) is 0.300. The van der Waals surface area contributed by atoms with E-state index in [9.17, 15) is 4.39 Å². The van der Waals surface area contributed by atoms with Crippen LogP contribution in [0.5, 0.6) is 0 Å². The molecule has 0 unspecified atom stereocenters. The lowest BCUT2D eigenvalue weighted by atomic mass is 10.2. The van der Waals surface area contributed by atoms with Gasteiger partial charge < -0.3 is 9.26 Å². The molecule has 2 rings (SSSR count).